The van der Waals surface area contributed by atoms with Gasteiger partial charge in [-0.2, -0.15) is 8.42 Å². The van der Waals surface area contributed by atoms with Gasteiger partial charge in [0.05, 0.1) is 22.2 Å². The molecule has 0 aliphatic rings. The minimum absolute atomic E-state index is 0.133. The topological polar surface area (TPSA) is 60.7 Å². The van der Waals surface area contributed by atoms with Crippen molar-refractivity contribution in [2.24, 2.45) is 4.40 Å². The molecular formula is C19H20N2O3S2. The Morgan fingerprint density at radius 1 is 1.19 bits per heavy atom. The van der Waals surface area contributed by atoms with Crippen LogP contribution < -0.4 is 9.54 Å². The lowest BCUT2D eigenvalue weighted by atomic mass is 10.1. The van der Waals surface area contributed by atoms with E-state index < -0.39 is 10.0 Å². The zero-order valence-corrected chi connectivity index (χ0v) is 16.5. The Hall–Kier alpha value is -2.38. The maximum atomic E-state index is 12.7. The minimum Gasteiger partial charge on any atom is -0.497 e. The number of hydrogen-bond acceptors (Lipinski definition) is 4. The summed E-state index contributed by atoms with van der Waals surface area (Å²) in [4.78, 5) is 0.564. The van der Waals surface area contributed by atoms with E-state index in [4.69, 9.17) is 4.74 Å². The highest BCUT2D eigenvalue weighted by Crippen LogP contribution is 2.23. The fourth-order valence-electron chi connectivity index (χ4n) is 2.60. The molecule has 1 heterocycles. The number of allylic oxidation sites excluding steroid dienone is 1. The number of ether oxygens (including phenoxy) is 1. The molecule has 0 fully saturated rings. The van der Waals surface area contributed by atoms with Crippen molar-refractivity contribution in [2.75, 3.05) is 7.11 Å². The maximum absolute atomic E-state index is 12.7. The van der Waals surface area contributed by atoms with Crippen molar-refractivity contribution in [2.45, 2.75) is 25.3 Å². The van der Waals surface area contributed by atoms with Crippen molar-refractivity contribution in [1.82, 2.24) is 4.57 Å². The predicted molar refractivity (Wildman–Crippen MR) is 105 cm³/mol. The van der Waals surface area contributed by atoms with E-state index in [-0.39, 0.29) is 4.90 Å². The van der Waals surface area contributed by atoms with E-state index in [0.29, 0.717) is 17.1 Å². The van der Waals surface area contributed by atoms with Crippen molar-refractivity contribution in [3.8, 4) is 5.75 Å². The summed E-state index contributed by atoms with van der Waals surface area (Å²) in [5.74, 6) is 0.596. The van der Waals surface area contributed by atoms with E-state index in [1.165, 1.54) is 30.6 Å². The number of fused-ring (bicyclic) bond motifs is 1. The van der Waals surface area contributed by atoms with Crippen molar-refractivity contribution in [1.29, 1.82) is 0 Å². The molecular weight excluding hydrogens is 368 g/mol. The summed E-state index contributed by atoms with van der Waals surface area (Å²) in [6.45, 7) is 8.34. The Morgan fingerprint density at radius 3 is 2.46 bits per heavy atom. The second-order valence-corrected chi connectivity index (χ2v) is 8.54. The fraction of sp³-hybridized carbons (Fsp3) is 0.211. The normalized spacial score (nSPS) is 12.5. The van der Waals surface area contributed by atoms with Crippen LogP contribution in [0, 0.1) is 13.8 Å². The van der Waals surface area contributed by atoms with Crippen LogP contribution in [0.2, 0.25) is 0 Å². The predicted octanol–water partition coefficient (Wildman–Crippen LogP) is 3.80. The fourth-order valence-corrected chi connectivity index (χ4v) is 4.92. The van der Waals surface area contributed by atoms with Gasteiger partial charge in [-0.1, -0.05) is 17.4 Å². The first-order valence-corrected chi connectivity index (χ1v) is 10.3. The molecule has 0 saturated heterocycles. The smallest absolute Gasteiger partial charge is 0.285 e. The van der Waals surface area contributed by atoms with E-state index in [9.17, 15) is 8.42 Å². The molecule has 3 aromatic rings. The van der Waals surface area contributed by atoms with E-state index in [0.717, 1.165) is 21.3 Å². The van der Waals surface area contributed by atoms with Crippen LogP contribution >= 0.6 is 11.3 Å². The summed E-state index contributed by atoms with van der Waals surface area (Å²) < 4.78 is 37.5. The summed E-state index contributed by atoms with van der Waals surface area (Å²) in [7, 11) is -2.29. The molecule has 5 nitrogen and oxygen atoms in total. The number of thiazole rings is 1. The average molecular weight is 389 g/mol. The highest BCUT2D eigenvalue weighted by molar-refractivity contribution is 7.90. The van der Waals surface area contributed by atoms with Crippen LogP contribution in [-0.2, 0) is 16.6 Å². The summed E-state index contributed by atoms with van der Waals surface area (Å²) in [6.07, 6.45) is 1.74. The van der Waals surface area contributed by atoms with Crippen molar-refractivity contribution >= 4 is 31.6 Å². The van der Waals surface area contributed by atoms with Gasteiger partial charge < -0.3 is 9.30 Å². The number of sulfonamides is 1. The van der Waals surface area contributed by atoms with Gasteiger partial charge >= 0.3 is 0 Å². The Kier molecular flexibility index (Phi) is 5.02. The van der Waals surface area contributed by atoms with Gasteiger partial charge in [0.25, 0.3) is 10.0 Å². The summed E-state index contributed by atoms with van der Waals surface area (Å²) in [6, 6.07) is 10.3. The van der Waals surface area contributed by atoms with Crippen LogP contribution in [0.5, 0.6) is 5.75 Å². The first-order valence-electron chi connectivity index (χ1n) is 8.02. The van der Waals surface area contributed by atoms with Crippen LogP contribution in [0.15, 0.2) is 58.3 Å². The Bertz CT molecular complexity index is 1140. The molecule has 0 atom stereocenters. The summed E-state index contributed by atoms with van der Waals surface area (Å²) in [5, 5.41) is 0. The molecule has 3 rings (SSSR count). The first kappa shape index (κ1) is 18.4. The second kappa shape index (κ2) is 7.09. The molecule has 0 N–H and O–H groups in total. The molecule has 136 valence electrons. The van der Waals surface area contributed by atoms with Crippen LogP contribution in [0.3, 0.4) is 0 Å². The van der Waals surface area contributed by atoms with Gasteiger partial charge in [0.1, 0.15) is 5.75 Å². The number of aryl methyl sites for hydroxylation is 2. The average Bonchev–Trinajstić information content (AvgIpc) is 2.92. The van der Waals surface area contributed by atoms with Crippen LogP contribution in [0.1, 0.15) is 11.1 Å². The van der Waals surface area contributed by atoms with Crippen molar-refractivity contribution in [3.63, 3.8) is 0 Å². The second-order valence-electron chi connectivity index (χ2n) is 5.93. The van der Waals surface area contributed by atoms with Gasteiger partial charge in [0.2, 0.25) is 4.80 Å². The third kappa shape index (κ3) is 3.45. The standard InChI is InChI=1S/C19H20N2O3S2/c1-5-10-21-17-11-13(2)14(3)12-18(17)25-19(21)20-26(22,23)16-8-6-15(24-4)7-9-16/h5-9,11-12H,1,10H2,2-4H3. The highest BCUT2D eigenvalue weighted by Gasteiger charge is 2.15. The quantitative estimate of drug-likeness (QED) is 0.625. The lowest BCUT2D eigenvalue weighted by Gasteiger charge is -2.04. The largest absolute Gasteiger partial charge is 0.497 e. The third-order valence-electron chi connectivity index (χ3n) is 4.17. The van der Waals surface area contributed by atoms with E-state index in [1.54, 1.807) is 18.2 Å². The number of methoxy groups -OCH3 is 1. The van der Waals surface area contributed by atoms with E-state index in [2.05, 4.69) is 23.1 Å². The van der Waals surface area contributed by atoms with Crippen LogP contribution in [0.4, 0.5) is 0 Å². The lowest BCUT2D eigenvalue weighted by Crippen LogP contribution is -2.16. The molecule has 0 saturated carbocycles. The summed E-state index contributed by atoms with van der Waals surface area (Å²) >= 11 is 1.36. The van der Waals surface area contributed by atoms with Gasteiger partial charge in [-0.05, 0) is 61.4 Å². The SMILES string of the molecule is C=CCn1c(=NS(=O)(=O)c2ccc(OC)cc2)sc2cc(C)c(C)cc21. The maximum Gasteiger partial charge on any atom is 0.285 e. The molecule has 2 aromatic carbocycles. The van der Waals surface area contributed by atoms with E-state index >= 15 is 0 Å². The van der Waals surface area contributed by atoms with Gasteiger partial charge in [0, 0.05) is 6.54 Å². The molecule has 7 heteroatoms. The number of rotatable bonds is 5. The summed E-state index contributed by atoms with van der Waals surface area (Å²) in [5.41, 5.74) is 3.27. The van der Waals surface area contributed by atoms with Crippen molar-refractivity contribution < 1.29 is 13.2 Å². The highest BCUT2D eigenvalue weighted by atomic mass is 32.2. The number of benzene rings is 2. The molecule has 0 unspecified atom stereocenters. The molecule has 0 radical (unpaired) electrons. The molecule has 0 bridgehead atoms. The van der Waals surface area contributed by atoms with Crippen LogP contribution in [0.25, 0.3) is 10.2 Å². The van der Waals surface area contributed by atoms with Gasteiger partial charge in [0.15, 0.2) is 0 Å². The number of nitrogens with zero attached hydrogens (tertiary/aromatic N) is 2. The zero-order chi connectivity index (χ0) is 18.9. The molecule has 0 amide bonds. The molecule has 0 spiro atoms. The first-order chi connectivity index (χ1) is 12.4. The number of hydrogen-bond donors (Lipinski definition) is 0. The lowest BCUT2D eigenvalue weighted by molar-refractivity contribution is 0.414. The third-order valence-corrected chi connectivity index (χ3v) is 6.60. The Morgan fingerprint density at radius 2 is 1.85 bits per heavy atom. The van der Waals surface area contributed by atoms with Gasteiger partial charge in [-0.15, -0.1) is 11.0 Å². The zero-order valence-electron chi connectivity index (χ0n) is 14.9. The molecule has 0 aliphatic carbocycles. The molecule has 1 aromatic heterocycles. The Labute approximate surface area is 157 Å². The molecule has 0 aliphatic heterocycles. The van der Waals surface area contributed by atoms with Crippen molar-refractivity contribution in [3.05, 3.63) is 65.0 Å². The monoisotopic (exact) mass is 388 g/mol. The molecule has 26 heavy (non-hydrogen) atoms. The van der Waals surface area contributed by atoms with Crippen LogP contribution in [-0.4, -0.2) is 20.1 Å². The number of aromatic nitrogens is 1. The minimum atomic E-state index is -3.82. The van der Waals surface area contributed by atoms with E-state index in [1.807, 2.05) is 18.4 Å². The van der Waals surface area contributed by atoms with Gasteiger partial charge in [-0.25, -0.2) is 0 Å². The van der Waals surface area contributed by atoms with Gasteiger partial charge in [-0.3, -0.25) is 0 Å². The Balaban J connectivity index is 2.21.